The molecule has 1 heterocycles. The van der Waals surface area contributed by atoms with E-state index < -0.39 is 29.9 Å². The molecule has 0 bridgehead atoms. The fourth-order valence-electron chi connectivity index (χ4n) is 2.01. The van der Waals surface area contributed by atoms with Gasteiger partial charge >= 0.3 is 6.18 Å². The number of carbonyl (C=O) groups is 1. The molecule has 1 amide bonds. The van der Waals surface area contributed by atoms with E-state index in [9.17, 15) is 28.2 Å². The van der Waals surface area contributed by atoms with Gasteiger partial charge in [-0.3, -0.25) is 4.79 Å². The number of carbonyl (C=O) groups excluding carboxylic acids is 1. The maximum atomic E-state index is 12.4. The van der Waals surface area contributed by atoms with Crippen molar-refractivity contribution in [3.8, 4) is 0 Å². The minimum Gasteiger partial charge on any atom is -0.388 e. The van der Waals surface area contributed by atoms with Crippen LogP contribution < -0.4 is 0 Å². The number of nitrogens with zero attached hydrogens (tertiary/aromatic N) is 1. The zero-order chi connectivity index (χ0) is 15.6. The molecular formula is C14H14F3NO3. The van der Waals surface area contributed by atoms with Crippen molar-refractivity contribution >= 4 is 12.0 Å². The highest BCUT2D eigenvalue weighted by Gasteiger charge is 2.31. The van der Waals surface area contributed by atoms with Crippen molar-refractivity contribution < 1.29 is 28.2 Å². The Labute approximate surface area is 119 Å². The van der Waals surface area contributed by atoms with Gasteiger partial charge in [-0.05, 0) is 23.8 Å². The van der Waals surface area contributed by atoms with Crippen LogP contribution in [0.2, 0.25) is 0 Å². The summed E-state index contributed by atoms with van der Waals surface area (Å²) >= 11 is 0. The van der Waals surface area contributed by atoms with Gasteiger partial charge in [-0.15, -0.1) is 0 Å². The van der Waals surface area contributed by atoms with Crippen LogP contribution in [0, 0.1) is 0 Å². The molecule has 114 valence electrons. The molecule has 7 heteroatoms. The number of rotatable bonds is 2. The zero-order valence-electron chi connectivity index (χ0n) is 10.9. The van der Waals surface area contributed by atoms with E-state index in [1.165, 1.54) is 29.2 Å². The van der Waals surface area contributed by atoms with E-state index in [4.69, 9.17) is 0 Å². The summed E-state index contributed by atoms with van der Waals surface area (Å²) in [5.41, 5.74) is -0.298. The summed E-state index contributed by atoms with van der Waals surface area (Å²) in [5.74, 6) is -0.412. The standard InChI is InChI=1S/C14H14F3NO3/c15-14(16,17)10-4-1-9(2-5-10)3-6-13(21)18-7-11(19)12(20)8-18/h1-6,11-12,19-20H,7-8H2/b6-3+/t11-,12+. The lowest BCUT2D eigenvalue weighted by Crippen LogP contribution is -2.27. The van der Waals surface area contributed by atoms with Gasteiger partial charge in [-0.1, -0.05) is 12.1 Å². The van der Waals surface area contributed by atoms with Gasteiger partial charge in [0.15, 0.2) is 0 Å². The summed E-state index contributed by atoms with van der Waals surface area (Å²) in [6, 6.07) is 4.40. The minimum absolute atomic E-state index is 0.0390. The molecule has 1 aromatic carbocycles. The second-order valence-electron chi connectivity index (χ2n) is 4.83. The van der Waals surface area contributed by atoms with Gasteiger partial charge in [0.1, 0.15) is 0 Å². The van der Waals surface area contributed by atoms with Crippen LogP contribution in [0.5, 0.6) is 0 Å². The largest absolute Gasteiger partial charge is 0.416 e. The summed E-state index contributed by atoms with van der Waals surface area (Å²) in [4.78, 5) is 13.0. The molecule has 2 N–H and O–H groups in total. The maximum Gasteiger partial charge on any atom is 0.416 e. The molecule has 2 rings (SSSR count). The van der Waals surface area contributed by atoms with Crippen molar-refractivity contribution in [3.05, 3.63) is 41.5 Å². The Hall–Kier alpha value is -1.86. The SMILES string of the molecule is O=C(/C=C/c1ccc(C(F)(F)F)cc1)N1C[C@@H](O)[C@@H](O)C1. The topological polar surface area (TPSA) is 60.8 Å². The van der Waals surface area contributed by atoms with E-state index in [0.29, 0.717) is 5.56 Å². The van der Waals surface area contributed by atoms with Gasteiger partial charge in [0.05, 0.1) is 17.8 Å². The molecule has 1 fully saturated rings. The van der Waals surface area contributed by atoms with Crippen molar-refractivity contribution in [1.29, 1.82) is 0 Å². The predicted molar refractivity (Wildman–Crippen MR) is 69.1 cm³/mol. The number of amides is 1. The Kier molecular flexibility index (Phi) is 4.34. The second-order valence-corrected chi connectivity index (χ2v) is 4.83. The molecule has 1 aromatic rings. The Bertz CT molecular complexity index is 529. The zero-order valence-corrected chi connectivity index (χ0v) is 10.9. The van der Waals surface area contributed by atoms with Gasteiger partial charge in [0.25, 0.3) is 0 Å². The second kappa shape index (κ2) is 5.87. The molecule has 0 aliphatic carbocycles. The van der Waals surface area contributed by atoms with Crippen LogP contribution in [0.4, 0.5) is 13.2 Å². The monoisotopic (exact) mass is 301 g/mol. The molecule has 4 nitrogen and oxygen atoms in total. The fourth-order valence-corrected chi connectivity index (χ4v) is 2.01. The molecule has 0 radical (unpaired) electrons. The van der Waals surface area contributed by atoms with E-state index in [2.05, 4.69) is 0 Å². The number of alkyl halides is 3. The highest BCUT2D eigenvalue weighted by atomic mass is 19.4. The van der Waals surface area contributed by atoms with E-state index in [1.807, 2.05) is 0 Å². The van der Waals surface area contributed by atoms with E-state index in [-0.39, 0.29) is 13.1 Å². The van der Waals surface area contributed by atoms with Crippen molar-refractivity contribution in [2.75, 3.05) is 13.1 Å². The number of aliphatic hydroxyl groups is 2. The molecule has 0 unspecified atom stereocenters. The van der Waals surface area contributed by atoms with Gasteiger partial charge in [-0.25, -0.2) is 0 Å². The van der Waals surface area contributed by atoms with Crippen LogP contribution in [-0.2, 0) is 11.0 Å². The third kappa shape index (κ3) is 3.83. The number of likely N-dealkylation sites (tertiary alicyclic amines) is 1. The van der Waals surface area contributed by atoms with Gasteiger partial charge in [-0.2, -0.15) is 13.2 Å². The number of hydrogen-bond acceptors (Lipinski definition) is 3. The summed E-state index contributed by atoms with van der Waals surface area (Å²) in [5, 5.41) is 18.7. The molecule has 0 spiro atoms. The lowest BCUT2D eigenvalue weighted by molar-refractivity contribution is -0.137. The van der Waals surface area contributed by atoms with Crippen LogP contribution in [0.3, 0.4) is 0 Å². The van der Waals surface area contributed by atoms with E-state index in [0.717, 1.165) is 12.1 Å². The van der Waals surface area contributed by atoms with Gasteiger partial charge in [0, 0.05) is 19.2 Å². The Morgan fingerprint density at radius 1 is 1.14 bits per heavy atom. The van der Waals surface area contributed by atoms with Crippen LogP contribution in [0.1, 0.15) is 11.1 Å². The van der Waals surface area contributed by atoms with Crippen LogP contribution in [0.15, 0.2) is 30.3 Å². The van der Waals surface area contributed by atoms with Crippen molar-refractivity contribution in [3.63, 3.8) is 0 Å². The maximum absolute atomic E-state index is 12.4. The van der Waals surface area contributed by atoms with Crippen LogP contribution in [0.25, 0.3) is 6.08 Å². The Balaban J connectivity index is 2.00. The number of halogens is 3. The van der Waals surface area contributed by atoms with E-state index in [1.54, 1.807) is 0 Å². The van der Waals surface area contributed by atoms with Crippen molar-refractivity contribution in [2.45, 2.75) is 18.4 Å². The molecule has 21 heavy (non-hydrogen) atoms. The number of β-amino-alcohol motifs (C(OH)–C–C–N with tert-alkyl or cyclic N) is 2. The Morgan fingerprint density at radius 3 is 2.14 bits per heavy atom. The fraction of sp³-hybridized carbons (Fsp3) is 0.357. The molecule has 2 atom stereocenters. The molecule has 1 aliphatic rings. The molecule has 1 saturated heterocycles. The number of hydrogen-bond donors (Lipinski definition) is 2. The first-order valence-corrected chi connectivity index (χ1v) is 6.28. The summed E-state index contributed by atoms with van der Waals surface area (Å²) in [6.07, 6.45) is -3.73. The predicted octanol–water partition coefficient (Wildman–Crippen LogP) is 1.28. The third-order valence-electron chi connectivity index (χ3n) is 3.23. The normalized spacial score (nSPS) is 23.0. The van der Waals surface area contributed by atoms with E-state index >= 15 is 0 Å². The van der Waals surface area contributed by atoms with Gasteiger partial charge < -0.3 is 15.1 Å². The quantitative estimate of drug-likeness (QED) is 0.809. The minimum atomic E-state index is -4.39. The summed E-state index contributed by atoms with van der Waals surface area (Å²) < 4.78 is 37.2. The number of aliphatic hydroxyl groups excluding tert-OH is 2. The summed E-state index contributed by atoms with van der Waals surface area (Å²) in [7, 11) is 0. The number of benzene rings is 1. The average Bonchev–Trinajstić information content (AvgIpc) is 2.75. The van der Waals surface area contributed by atoms with Crippen LogP contribution in [-0.4, -0.2) is 46.3 Å². The van der Waals surface area contributed by atoms with Crippen LogP contribution >= 0.6 is 0 Å². The molecule has 0 aromatic heterocycles. The smallest absolute Gasteiger partial charge is 0.388 e. The lowest BCUT2D eigenvalue weighted by Gasteiger charge is -2.12. The average molecular weight is 301 g/mol. The first-order chi connectivity index (χ1) is 9.77. The molecule has 1 aliphatic heterocycles. The van der Waals surface area contributed by atoms with Crippen molar-refractivity contribution in [1.82, 2.24) is 4.90 Å². The van der Waals surface area contributed by atoms with Crippen molar-refractivity contribution in [2.24, 2.45) is 0 Å². The molecular weight excluding hydrogens is 287 g/mol. The van der Waals surface area contributed by atoms with Gasteiger partial charge in [0.2, 0.25) is 5.91 Å². The molecule has 0 saturated carbocycles. The first kappa shape index (κ1) is 15.5. The highest BCUT2D eigenvalue weighted by molar-refractivity contribution is 5.92. The lowest BCUT2D eigenvalue weighted by atomic mass is 10.1. The first-order valence-electron chi connectivity index (χ1n) is 6.28. The highest BCUT2D eigenvalue weighted by Crippen LogP contribution is 2.29. The summed E-state index contributed by atoms with van der Waals surface area (Å²) in [6.45, 7) is 0.0781. The third-order valence-corrected chi connectivity index (χ3v) is 3.23. The Morgan fingerprint density at radius 2 is 1.67 bits per heavy atom.